The third-order valence-corrected chi connectivity index (χ3v) is 3.05. The van der Waals surface area contributed by atoms with Crippen molar-refractivity contribution < 1.29 is 13.7 Å². The predicted octanol–water partition coefficient (Wildman–Crippen LogP) is 1.32. The molecule has 0 aliphatic heterocycles. The summed E-state index contributed by atoms with van der Waals surface area (Å²) in [6.45, 7) is 0. The van der Waals surface area contributed by atoms with E-state index in [1.54, 1.807) is 24.3 Å². The van der Waals surface area contributed by atoms with E-state index >= 15 is 0 Å². The molecule has 2 rings (SSSR count). The Balaban J connectivity index is 2.61. The van der Waals surface area contributed by atoms with Gasteiger partial charge in [-0.2, -0.15) is 0 Å². The number of H-pyrrole nitrogens is 1. The van der Waals surface area contributed by atoms with Crippen molar-refractivity contribution in [2.75, 3.05) is 0 Å². The van der Waals surface area contributed by atoms with Crippen LogP contribution in [-0.2, 0) is 11.1 Å². The fourth-order valence-corrected chi connectivity index (χ4v) is 2.13. The monoisotopic (exact) mass is 239 g/mol. The Morgan fingerprint density at radius 3 is 2.69 bits per heavy atom. The minimum Gasteiger partial charge on any atom is -0.767 e. The number of nitro groups is 1. The first-order chi connectivity index (χ1) is 7.61. The first-order valence-electron chi connectivity index (χ1n) is 4.39. The molecule has 0 radical (unpaired) electrons. The van der Waals surface area contributed by atoms with Gasteiger partial charge in [-0.05, 0) is 6.07 Å². The van der Waals surface area contributed by atoms with E-state index in [1.165, 1.54) is 6.20 Å². The predicted molar refractivity (Wildman–Crippen MR) is 57.0 cm³/mol. The topological polar surface area (TPSA) is 99.1 Å². The zero-order valence-electron chi connectivity index (χ0n) is 7.95. The number of benzene rings is 1. The van der Waals surface area contributed by atoms with Gasteiger partial charge in [-0.3, -0.25) is 14.3 Å². The maximum atomic E-state index is 10.8. The van der Waals surface area contributed by atoms with Gasteiger partial charge in [-0.1, -0.05) is 18.2 Å². The number of hydrogen-bond acceptors (Lipinski definition) is 4. The molecule has 0 bridgehead atoms. The second-order valence-corrected chi connectivity index (χ2v) is 4.16. The van der Waals surface area contributed by atoms with E-state index in [9.17, 15) is 18.9 Å². The minimum absolute atomic E-state index is 0.161. The summed E-state index contributed by atoms with van der Waals surface area (Å²) in [6.07, 6.45) is 1.36. The first-order valence-corrected chi connectivity index (χ1v) is 5.52. The fourth-order valence-electron chi connectivity index (χ4n) is 1.59. The Morgan fingerprint density at radius 2 is 2.06 bits per heavy atom. The zero-order chi connectivity index (χ0) is 11.7. The number of rotatable bonds is 3. The van der Waals surface area contributed by atoms with Crippen LogP contribution >= 0.6 is 0 Å². The summed E-state index contributed by atoms with van der Waals surface area (Å²) >= 11 is -2.79. The van der Waals surface area contributed by atoms with Gasteiger partial charge in [0.05, 0.1) is 5.56 Å². The van der Waals surface area contributed by atoms with Crippen LogP contribution in [0.2, 0.25) is 0 Å². The van der Waals surface area contributed by atoms with Crippen LogP contribution in [0.4, 0.5) is 0 Å². The average Bonchev–Trinajstić information content (AvgIpc) is 2.61. The highest BCUT2D eigenvalue weighted by Crippen LogP contribution is 2.27. The quantitative estimate of drug-likeness (QED) is 0.496. The highest BCUT2D eigenvalue weighted by molar-refractivity contribution is 7.79. The Hall–Kier alpha value is -1.73. The number of para-hydroxylation sites is 1. The standard InChI is InChI=1S/C9H8N2O4S/c12-11(13)9(16(14)15)7-5-10-8-4-2-1-3-6(7)8/h1-5,9-10H,(H,14,15)/p-1. The van der Waals surface area contributed by atoms with Gasteiger partial charge in [0.25, 0.3) is 0 Å². The van der Waals surface area contributed by atoms with E-state index < -0.39 is 21.4 Å². The molecule has 0 aliphatic carbocycles. The Bertz CT molecular complexity index is 551. The second-order valence-electron chi connectivity index (χ2n) is 3.19. The SMILES string of the molecule is O=[N+]([O-])C(c1c[nH]c2ccccc12)S(=O)[O-]. The van der Waals surface area contributed by atoms with Crippen LogP contribution in [0.3, 0.4) is 0 Å². The molecule has 1 heterocycles. The third-order valence-electron chi connectivity index (χ3n) is 2.26. The number of nitrogens with zero attached hydrogens (tertiary/aromatic N) is 1. The summed E-state index contributed by atoms with van der Waals surface area (Å²) in [4.78, 5) is 12.7. The van der Waals surface area contributed by atoms with Crippen molar-refractivity contribution in [2.24, 2.45) is 0 Å². The van der Waals surface area contributed by atoms with Crippen molar-refractivity contribution in [3.05, 3.63) is 46.1 Å². The molecule has 7 heteroatoms. The van der Waals surface area contributed by atoms with Gasteiger partial charge < -0.3 is 9.54 Å². The molecule has 0 spiro atoms. The molecule has 0 saturated carbocycles. The Labute approximate surface area is 92.7 Å². The summed E-state index contributed by atoms with van der Waals surface area (Å²) in [6, 6.07) is 6.83. The number of aromatic amines is 1. The lowest BCUT2D eigenvalue weighted by Crippen LogP contribution is -2.15. The second kappa shape index (κ2) is 4.03. The summed E-state index contributed by atoms with van der Waals surface area (Å²) < 4.78 is 21.7. The van der Waals surface area contributed by atoms with Crippen molar-refractivity contribution in [1.82, 2.24) is 4.98 Å². The van der Waals surface area contributed by atoms with Crippen LogP contribution in [0.1, 0.15) is 10.9 Å². The molecule has 2 unspecified atom stereocenters. The molecule has 2 atom stereocenters. The molecule has 6 nitrogen and oxygen atoms in total. The molecule has 0 saturated heterocycles. The van der Waals surface area contributed by atoms with Crippen LogP contribution < -0.4 is 0 Å². The zero-order valence-corrected chi connectivity index (χ0v) is 8.77. The lowest BCUT2D eigenvalue weighted by atomic mass is 10.2. The first kappa shape index (κ1) is 10.8. The number of hydrogen-bond donors (Lipinski definition) is 1. The van der Waals surface area contributed by atoms with Crippen LogP contribution in [0.15, 0.2) is 30.5 Å². The highest BCUT2D eigenvalue weighted by Gasteiger charge is 2.26. The molecular weight excluding hydrogens is 232 g/mol. The Kier molecular flexibility index (Phi) is 2.71. The van der Waals surface area contributed by atoms with Crippen LogP contribution in [0.5, 0.6) is 0 Å². The molecule has 2 aromatic rings. The molecule has 16 heavy (non-hydrogen) atoms. The molecule has 0 amide bonds. The smallest absolute Gasteiger partial charge is 0.300 e. The van der Waals surface area contributed by atoms with Gasteiger partial charge in [-0.15, -0.1) is 0 Å². The van der Waals surface area contributed by atoms with Gasteiger partial charge in [0.2, 0.25) is 0 Å². The Morgan fingerprint density at radius 1 is 1.38 bits per heavy atom. The maximum Gasteiger partial charge on any atom is 0.300 e. The fraction of sp³-hybridized carbons (Fsp3) is 0.111. The molecular formula is C9H7N2O4S-. The molecule has 0 fully saturated rings. The molecule has 1 aromatic heterocycles. The van der Waals surface area contributed by atoms with E-state index in [1.807, 2.05) is 0 Å². The van der Waals surface area contributed by atoms with Crippen molar-refractivity contribution >= 4 is 22.0 Å². The van der Waals surface area contributed by atoms with E-state index in [-0.39, 0.29) is 5.56 Å². The van der Waals surface area contributed by atoms with Gasteiger partial charge in [0, 0.05) is 33.1 Å². The van der Waals surface area contributed by atoms with E-state index in [4.69, 9.17) is 0 Å². The van der Waals surface area contributed by atoms with Gasteiger partial charge >= 0.3 is 5.37 Å². The van der Waals surface area contributed by atoms with Gasteiger partial charge in [0.1, 0.15) is 0 Å². The number of aromatic nitrogens is 1. The number of nitrogens with one attached hydrogen (secondary N) is 1. The van der Waals surface area contributed by atoms with Crippen LogP contribution in [0.25, 0.3) is 10.9 Å². The van der Waals surface area contributed by atoms with Crippen LogP contribution in [-0.4, -0.2) is 18.7 Å². The highest BCUT2D eigenvalue weighted by atomic mass is 32.2. The average molecular weight is 239 g/mol. The van der Waals surface area contributed by atoms with Crippen molar-refractivity contribution in [1.29, 1.82) is 0 Å². The molecule has 1 aromatic carbocycles. The van der Waals surface area contributed by atoms with Crippen molar-refractivity contribution in [3.8, 4) is 0 Å². The summed E-state index contributed by atoms with van der Waals surface area (Å²) in [5.74, 6) is 0. The van der Waals surface area contributed by atoms with Crippen molar-refractivity contribution in [2.45, 2.75) is 5.37 Å². The molecule has 84 valence electrons. The van der Waals surface area contributed by atoms with E-state index in [0.717, 1.165) is 0 Å². The largest absolute Gasteiger partial charge is 0.767 e. The maximum absolute atomic E-state index is 10.8. The van der Waals surface area contributed by atoms with Crippen LogP contribution in [0, 0.1) is 10.1 Å². The normalized spacial score (nSPS) is 14.8. The number of fused-ring (bicyclic) bond motifs is 1. The van der Waals surface area contributed by atoms with Crippen molar-refractivity contribution in [3.63, 3.8) is 0 Å². The lowest BCUT2D eigenvalue weighted by molar-refractivity contribution is -0.502. The van der Waals surface area contributed by atoms with E-state index in [2.05, 4.69) is 4.98 Å². The summed E-state index contributed by atoms with van der Waals surface area (Å²) in [7, 11) is 0. The summed E-state index contributed by atoms with van der Waals surface area (Å²) in [5.41, 5.74) is 0.837. The van der Waals surface area contributed by atoms with Gasteiger partial charge in [-0.25, -0.2) is 0 Å². The summed E-state index contributed by atoms with van der Waals surface area (Å²) in [5, 5.41) is 9.51. The van der Waals surface area contributed by atoms with Gasteiger partial charge in [0.15, 0.2) is 0 Å². The minimum atomic E-state index is -2.79. The molecule has 1 N–H and O–H groups in total. The van der Waals surface area contributed by atoms with E-state index in [0.29, 0.717) is 10.9 Å². The third kappa shape index (κ3) is 1.70. The lowest BCUT2D eigenvalue weighted by Gasteiger charge is -2.10. The molecule has 0 aliphatic rings.